The van der Waals surface area contributed by atoms with E-state index in [0.29, 0.717) is 24.2 Å². The predicted molar refractivity (Wildman–Crippen MR) is 91.9 cm³/mol. The van der Waals surface area contributed by atoms with Gasteiger partial charge in [-0.2, -0.15) is 5.10 Å². The molecule has 1 aliphatic rings. The van der Waals surface area contributed by atoms with E-state index >= 15 is 0 Å². The zero-order valence-corrected chi connectivity index (χ0v) is 14.8. The Bertz CT molecular complexity index is 766. The molecule has 128 valence electrons. The topological polar surface area (TPSA) is 75.4 Å². The van der Waals surface area contributed by atoms with Crippen LogP contribution >= 0.6 is 11.3 Å². The molecule has 1 saturated heterocycles. The number of hydrogen-bond donors (Lipinski definition) is 1. The normalized spacial score (nSPS) is 20.8. The molecule has 6 nitrogen and oxygen atoms in total. The molecule has 1 aliphatic heterocycles. The van der Waals surface area contributed by atoms with Gasteiger partial charge < -0.3 is 10.0 Å². The standard InChI is InChI=1S/C17H21N3O3S/c1-11(2)17(16(22)23)6-7-20(10-17)15(21)12-9-19(3)18-14(12)13-5-4-8-24-13/h4-5,8-9,11H,6-7,10H2,1-3H3,(H,22,23). The SMILES string of the molecule is CC(C)C1(C(=O)O)CCN(C(=O)c2cn(C)nc2-c2cccs2)C1. The number of nitrogens with zero attached hydrogens (tertiary/aromatic N) is 3. The minimum atomic E-state index is -0.860. The summed E-state index contributed by atoms with van der Waals surface area (Å²) in [5.74, 6) is -0.994. The summed E-state index contributed by atoms with van der Waals surface area (Å²) in [5, 5.41) is 16.0. The summed E-state index contributed by atoms with van der Waals surface area (Å²) in [4.78, 5) is 27.4. The Morgan fingerprint density at radius 3 is 2.71 bits per heavy atom. The van der Waals surface area contributed by atoms with Gasteiger partial charge in [0.15, 0.2) is 0 Å². The summed E-state index contributed by atoms with van der Waals surface area (Å²) in [6, 6.07) is 3.86. The molecule has 1 fully saturated rings. The molecule has 0 bridgehead atoms. The van der Waals surface area contributed by atoms with E-state index in [2.05, 4.69) is 5.10 Å². The molecule has 7 heteroatoms. The zero-order chi connectivity index (χ0) is 17.5. The van der Waals surface area contributed by atoms with Crippen molar-refractivity contribution < 1.29 is 14.7 Å². The van der Waals surface area contributed by atoms with Crippen molar-refractivity contribution in [3.63, 3.8) is 0 Å². The second kappa shape index (κ2) is 6.05. The van der Waals surface area contributed by atoms with Gasteiger partial charge in [-0.25, -0.2) is 0 Å². The first-order valence-electron chi connectivity index (χ1n) is 7.95. The van der Waals surface area contributed by atoms with E-state index in [1.807, 2.05) is 31.4 Å². The van der Waals surface area contributed by atoms with E-state index in [-0.39, 0.29) is 18.4 Å². The van der Waals surface area contributed by atoms with Gasteiger partial charge in [-0.3, -0.25) is 14.3 Å². The third-order valence-corrected chi connectivity index (χ3v) is 5.81. The maximum atomic E-state index is 13.0. The Morgan fingerprint density at radius 1 is 1.42 bits per heavy atom. The average Bonchev–Trinajstić information content (AvgIpc) is 3.25. The Balaban J connectivity index is 1.90. The Kier molecular flexibility index (Phi) is 4.21. The van der Waals surface area contributed by atoms with E-state index in [1.54, 1.807) is 22.8 Å². The van der Waals surface area contributed by atoms with E-state index in [0.717, 1.165) is 4.88 Å². The third-order valence-electron chi connectivity index (χ3n) is 4.93. The lowest BCUT2D eigenvalue weighted by molar-refractivity contribution is -0.150. The summed E-state index contributed by atoms with van der Waals surface area (Å²) >= 11 is 1.53. The number of hydrogen-bond acceptors (Lipinski definition) is 4. The van der Waals surface area contributed by atoms with Gasteiger partial charge in [-0.1, -0.05) is 19.9 Å². The Hall–Kier alpha value is -2.15. The second-order valence-corrected chi connectivity index (χ2v) is 7.58. The smallest absolute Gasteiger partial charge is 0.311 e. The molecule has 2 aromatic rings. The molecule has 2 aromatic heterocycles. The molecule has 0 radical (unpaired) electrons. The summed E-state index contributed by atoms with van der Waals surface area (Å²) in [6.45, 7) is 4.52. The molecule has 1 unspecified atom stereocenters. The van der Waals surface area contributed by atoms with Crippen LogP contribution in [0.4, 0.5) is 0 Å². The van der Waals surface area contributed by atoms with Crippen LogP contribution in [0.15, 0.2) is 23.7 Å². The third kappa shape index (κ3) is 2.62. The summed E-state index contributed by atoms with van der Waals surface area (Å²) in [5.41, 5.74) is 0.334. The number of carbonyl (C=O) groups is 2. The lowest BCUT2D eigenvalue weighted by atomic mass is 9.76. The van der Waals surface area contributed by atoms with E-state index in [9.17, 15) is 14.7 Å². The highest BCUT2D eigenvalue weighted by atomic mass is 32.1. The second-order valence-electron chi connectivity index (χ2n) is 6.64. The van der Waals surface area contributed by atoms with Crippen LogP contribution in [0.3, 0.4) is 0 Å². The fraction of sp³-hybridized carbons (Fsp3) is 0.471. The van der Waals surface area contributed by atoms with Gasteiger partial charge in [-0.15, -0.1) is 11.3 Å². The predicted octanol–water partition coefficient (Wildman–Crippen LogP) is 2.72. The van der Waals surface area contributed by atoms with E-state index < -0.39 is 11.4 Å². The molecule has 1 atom stereocenters. The highest BCUT2D eigenvalue weighted by Crippen LogP contribution is 2.39. The molecular weight excluding hydrogens is 326 g/mol. The minimum absolute atomic E-state index is 0.0292. The van der Waals surface area contributed by atoms with Gasteiger partial charge in [0.1, 0.15) is 5.69 Å². The molecule has 24 heavy (non-hydrogen) atoms. The summed E-state index contributed by atoms with van der Waals surface area (Å²) in [6.07, 6.45) is 2.20. The van der Waals surface area contributed by atoms with Gasteiger partial charge in [-0.05, 0) is 23.8 Å². The van der Waals surface area contributed by atoms with E-state index in [4.69, 9.17) is 0 Å². The van der Waals surface area contributed by atoms with Crippen LogP contribution in [0.2, 0.25) is 0 Å². The van der Waals surface area contributed by atoms with Gasteiger partial charge in [0.05, 0.1) is 15.9 Å². The molecule has 0 aliphatic carbocycles. The molecule has 0 aromatic carbocycles. The number of amides is 1. The van der Waals surface area contributed by atoms with Crippen molar-refractivity contribution in [1.29, 1.82) is 0 Å². The van der Waals surface area contributed by atoms with Crippen molar-refractivity contribution >= 4 is 23.2 Å². The van der Waals surface area contributed by atoms with Crippen LogP contribution in [0.5, 0.6) is 0 Å². The van der Waals surface area contributed by atoms with Crippen molar-refractivity contribution in [2.45, 2.75) is 20.3 Å². The molecular formula is C17H21N3O3S. The Labute approximate surface area is 144 Å². The monoisotopic (exact) mass is 347 g/mol. The van der Waals surface area contributed by atoms with Crippen molar-refractivity contribution in [2.75, 3.05) is 13.1 Å². The van der Waals surface area contributed by atoms with E-state index in [1.165, 1.54) is 11.3 Å². The van der Waals surface area contributed by atoms with Crippen LogP contribution in [0.25, 0.3) is 10.6 Å². The molecule has 0 spiro atoms. The van der Waals surface area contributed by atoms with Crippen molar-refractivity contribution in [3.8, 4) is 10.6 Å². The number of carbonyl (C=O) groups excluding carboxylic acids is 1. The van der Waals surface area contributed by atoms with Crippen molar-refractivity contribution in [1.82, 2.24) is 14.7 Å². The number of likely N-dealkylation sites (tertiary alicyclic amines) is 1. The highest BCUT2D eigenvalue weighted by Gasteiger charge is 2.48. The number of carboxylic acids is 1. The quantitative estimate of drug-likeness (QED) is 0.923. The highest BCUT2D eigenvalue weighted by molar-refractivity contribution is 7.13. The van der Waals surface area contributed by atoms with Gasteiger partial charge in [0.25, 0.3) is 5.91 Å². The summed E-state index contributed by atoms with van der Waals surface area (Å²) in [7, 11) is 1.79. The number of aliphatic carboxylic acids is 1. The number of aromatic nitrogens is 2. The van der Waals surface area contributed by atoms with Gasteiger partial charge in [0, 0.05) is 26.3 Å². The van der Waals surface area contributed by atoms with Crippen LogP contribution in [0, 0.1) is 11.3 Å². The number of thiophene rings is 1. The minimum Gasteiger partial charge on any atom is -0.481 e. The molecule has 1 N–H and O–H groups in total. The van der Waals surface area contributed by atoms with Crippen molar-refractivity contribution in [2.24, 2.45) is 18.4 Å². The van der Waals surface area contributed by atoms with Gasteiger partial charge >= 0.3 is 5.97 Å². The maximum absolute atomic E-state index is 13.0. The fourth-order valence-corrected chi connectivity index (χ4v) is 4.03. The average molecular weight is 347 g/mol. The number of aryl methyl sites for hydroxylation is 1. The fourth-order valence-electron chi connectivity index (χ4n) is 3.31. The molecule has 1 amide bonds. The molecule has 3 heterocycles. The first-order valence-corrected chi connectivity index (χ1v) is 8.83. The zero-order valence-electron chi connectivity index (χ0n) is 14.0. The molecule has 3 rings (SSSR count). The van der Waals surface area contributed by atoms with Crippen LogP contribution in [-0.4, -0.2) is 44.8 Å². The maximum Gasteiger partial charge on any atom is 0.311 e. The number of carboxylic acid groups (broad SMARTS) is 1. The molecule has 0 saturated carbocycles. The first-order chi connectivity index (χ1) is 11.3. The van der Waals surface area contributed by atoms with Crippen LogP contribution in [-0.2, 0) is 11.8 Å². The lowest BCUT2D eigenvalue weighted by Gasteiger charge is -2.28. The lowest BCUT2D eigenvalue weighted by Crippen LogP contribution is -2.40. The largest absolute Gasteiger partial charge is 0.481 e. The number of rotatable bonds is 4. The summed E-state index contributed by atoms with van der Waals surface area (Å²) < 4.78 is 1.63. The van der Waals surface area contributed by atoms with Crippen LogP contribution < -0.4 is 0 Å². The Morgan fingerprint density at radius 2 is 2.17 bits per heavy atom. The van der Waals surface area contributed by atoms with Crippen LogP contribution in [0.1, 0.15) is 30.6 Å². The van der Waals surface area contributed by atoms with Crippen molar-refractivity contribution in [3.05, 3.63) is 29.3 Å². The van der Waals surface area contributed by atoms with Gasteiger partial charge in [0.2, 0.25) is 0 Å². The first kappa shape index (κ1) is 16.7.